The van der Waals surface area contributed by atoms with Gasteiger partial charge in [-0.2, -0.15) is 0 Å². The molecule has 0 spiro atoms. The number of carboxylic acids is 1. The van der Waals surface area contributed by atoms with Crippen molar-refractivity contribution in [2.45, 2.75) is 20.3 Å². The monoisotopic (exact) mass is 158 g/mol. The lowest BCUT2D eigenvalue weighted by Crippen LogP contribution is -2.13. The second-order valence-electron chi connectivity index (χ2n) is 3.39. The van der Waals surface area contributed by atoms with Gasteiger partial charge in [-0.15, -0.1) is 0 Å². The van der Waals surface area contributed by atoms with Crippen molar-refractivity contribution < 1.29 is 14.6 Å². The van der Waals surface area contributed by atoms with E-state index in [0.29, 0.717) is 13.2 Å². The first-order valence-electron chi connectivity index (χ1n) is 3.90. The zero-order valence-electron chi connectivity index (χ0n) is 6.96. The zero-order valence-corrected chi connectivity index (χ0v) is 6.96. The third-order valence-electron chi connectivity index (χ3n) is 2.29. The van der Waals surface area contributed by atoms with Gasteiger partial charge in [0.05, 0.1) is 12.5 Å². The molecule has 3 nitrogen and oxygen atoms in total. The van der Waals surface area contributed by atoms with E-state index in [1.807, 2.05) is 13.8 Å². The SMILES string of the molecule is CCOCC1(C)CC1C(=O)O. The van der Waals surface area contributed by atoms with Gasteiger partial charge in [-0.1, -0.05) is 6.92 Å². The molecule has 1 saturated carbocycles. The first-order chi connectivity index (χ1) is 5.10. The average molecular weight is 158 g/mol. The summed E-state index contributed by atoms with van der Waals surface area (Å²) in [6, 6.07) is 0. The minimum absolute atomic E-state index is 0.0815. The van der Waals surface area contributed by atoms with Crippen LogP contribution in [-0.4, -0.2) is 24.3 Å². The maximum Gasteiger partial charge on any atom is 0.307 e. The Morgan fingerprint density at radius 2 is 2.45 bits per heavy atom. The smallest absolute Gasteiger partial charge is 0.307 e. The average Bonchev–Trinajstić information content (AvgIpc) is 2.60. The maximum absolute atomic E-state index is 10.5. The third-order valence-corrected chi connectivity index (χ3v) is 2.29. The van der Waals surface area contributed by atoms with Crippen LogP contribution in [0.1, 0.15) is 20.3 Å². The minimum atomic E-state index is -0.688. The number of carboxylic acid groups (broad SMARTS) is 1. The molecule has 1 fully saturated rings. The highest BCUT2D eigenvalue weighted by molar-refractivity contribution is 5.74. The molecule has 0 radical (unpaired) electrons. The van der Waals surface area contributed by atoms with E-state index in [9.17, 15) is 4.79 Å². The van der Waals surface area contributed by atoms with E-state index in [0.717, 1.165) is 6.42 Å². The van der Waals surface area contributed by atoms with Gasteiger partial charge in [0, 0.05) is 12.0 Å². The number of carbonyl (C=O) groups is 1. The first-order valence-corrected chi connectivity index (χ1v) is 3.90. The fraction of sp³-hybridized carbons (Fsp3) is 0.875. The maximum atomic E-state index is 10.5. The standard InChI is InChI=1S/C8H14O3/c1-3-11-5-8(2)4-6(8)7(9)10/h6H,3-5H2,1-2H3,(H,9,10). The zero-order chi connectivity index (χ0) is 8.48. The normalized spacial score (nSPS) is 35.3. The number of aliphatic carboxylic acids is 1. The van der Waals surface area contributed by atoms with Crippen molar-refractivity contribution in [3.8, 4) is 0 Å². The number of rotatable bonds is 4. The van der Waals surface area contributed by atoms with Crippen molar-refractivity contribution in [3.63, 3.8) is 0 Å². The van der Waals surface area contributed by atoms with Gasteiger partial charge in [0.25, 0.3) is 0 Å². The molecule has 2 atom stereocenters. The van der Waals surface area contributed by atoms with Crippen LogP contribution in [0.15, 0.2) is 0 Å². The predicted molar refractivity (Wildman–Crippen MR) is 40.3 cm³/mol. The summed E-state index contributed by atoms with van der Waals surface area (Å²) in [5, 5.41) is 8.63. The predicted octanol–water partition coefficient (Wildman–Crippen LogP) is 1.13. The topological polar surface area (TPSA) is 46.5 Å². The highest BCUT2D eigenvalue weighted by atomic mass is 16.5. The molecule has 11 heavy (non-hydrogen) atoms. The van der Waals surface area contributed by atoms with Crippen molar-refractivity contribution in [2.75, 3.05) is 13.2 Å². The minimum Gasteiger partial charge on any atom is -0.481 e. The summed E-state index contributed by atoms with van der Waals surface area (Å²) in [6.07, 6.45) is 0.766. The molecule has 0 saturated heterocycles. The molecule has 0 aliphatic heterocycles. The Bertz CT molecular complexity index is 167. The summed E-state index contributed by atoms with van der Waals surface area (Å²) in [6.45, 7) is 5.13. The molecule has 0 aromatic heterocycles. The van der Waals surface area contributed by atoms with Crippen LogP contribution in [0.25, 0.3) is 0 Å². The molecule has 1 N–H and O–H groups in total. The lowest BCUT2D eigenvalue weighted by atomic mass is 10.1. The van der Waals surface area contributed by atoms with E-state index in [2.05, 4.69) is 0 Å². The van der Waals surface area contributed by atoms with Crippen LogP contribution in [0.4, 0.5) is 0 Å². The van der Waals surface area contributed by atoms with Gasteiger partial charge in [0.1, 0.15) is 0 Å². The number of hydrogen-bond acceptors (Lipinski definition) is 2. The molecule has 1 aliphatic carbocycles. The third kappa shape index (κ3) is 1.71. The van der Waals surface area contributed by atoms with E-state index in [1.54, 1.807) is 0 Å². The Balaban J connectivity index is 2.30. The molecule has 3 heteroatoms. The van der Waals surface area contributed by atoms with Gasteiger partial charge in [0.15, 0.2) is 0 Å². The van der Waals surface area contributed by atoms with E-state index < -0.39 is 5.97 Å². The Hall–Kier alpha value is -0.570. The molecule has 0 aromatic carbocycles. The molecular weight excluding hydrogens is 144 g/mol. The van der Waals surface area contributed by atoms with Crippen molar-refractivity contribution in [1.82, 2.24) is 0 Å². The first kappa shape index (κ1) is 8.53. The molecule has 0 aromatic rings. The fourth-order valence-corrected chi connectivity index (χ4v) is 1.29. The van der Waals surface area contributed by atoms with Gasteiger partial charge >= 0.3 is 5.97 Å². The molecule has 0 amide bonds. The van der Waals surface area contributed by atoms with Gasteiger partial charge in [-0.25, -0.2) is 0 Å². The summed E-state index contributed by atoms with van der Waals surface area (Å²) >= 11 is 0. The van der Waals surface area contributed by atoms with E-state index in [-0.39, 0.29) is 11.3 Å². The van der Waals surface area contributed by atoms with Crippen molar-refractivity contribution in [3.05, 3.63) is 0 Å². The number of hydrogen-bond donors (Lipinski definition) is 1. The fourth-order valence-electron chi connectivity index (χ4n) is 1.29. The van der Waals surface area contributed by atoms with Crippen LogP contribution in [0.3, 0.4) is 0 Å². The quantitative estimate of drug-likeness (QED) is 0.667. The van der Waals surface area contributed by atoms with Crippen molar-refractivity contribution >= 4 is 5.97 Å². The number of ether oxygens (including phenoxy) is 1. The van der Waals surface area contributed by atoms with Crippen LogP contribution in [0, 0.1) is 11.3 Å². The van der Waals surface area contributed by atoms with E-state index in [1.165, 1.54) is 0 Å². The second kappa shape index (κ2) is 2.81. The van der Waals surface area contributed by atoms with Crippen molar-refractivity contribution in [1.29, 1.82) is 0 Å². The summed E-state index contributed by atoms with van der Waals surface area (Å²) in [7, 11) is 0. The van der Waals surface area contributed by atoms with Crippen LogP contribution in [-0.2, 0) is 9.53 Å². The van der Waals surface area contributed by atoms with E-state index in [4.69, 9.17) is 9.84 Å². The summed E-state index contributed by atoms with van der Waals surface area (Å²) < 4.78 is 5.18. The van der Waals surface area contributed by atoms with Crippen LogP contribution in [0.5, 0.6) is 0 Å². The Kier molecular flexibility index (Phi) is 2.18. The molecule has 0 bridgehead atoms. The summed E-state index contributed by atoms with van der Waals surface area (Å²) in [4.78, 5) is 10.5. The lowest BCUT2D eigenvalue weighted by molar-refractivity contribution is -0.139. The van der Waals surface area contributed by atoms with Crippen LogP contribution in [0.2, 0.25) is 0 Å². The second-order valence-corrected chi connectivity index (χ2v) is 3.39. The molecule has 1 aliphatic rings. The Labute approximate surface area is 66.4 Å². The Morgan fingerprint density at radius 1 is 1.82 bits per heavy atom. The molecule has 2 unspecified atom stereocenters. The molecule has 64 valence electrons. The highest BCUT2D eigenvalue weighted by Crippen LogP contribution is 2.52. The van der Waals surface area contributed by atoms with E-state index >= 15 is 0 Å². The van der Waals surface area contributed by atoms with Crippen molar-refractivity contribution in [2.24, 2.45) is 11.3 Å². The highest BCUT2D eigenvalue weighted by Gasteiger charge is 2.54. The van der Waals surface area contributed by atoms with Gasteiger partial charge in [-0.3, -0.25) is 4.79 Å². The Morgan fingerprint density at radius 3 is 2.82 bits per heavy atom. The van der Waals surface area contributed by atoms with Crippen LogP contribution < -0.4 is 0 Å². The van der Waals surface area contributed by atoms with Gasteiger partial charge < -0.3 is 9.84 Å². The summed E-state index contributed by atoms with van der Waals surface area (Å²) in [5.41, 5.74) is -0.0815. The van der Waals surface area contributed by atoms with Crippen LogP contribution >= 0.6 is 0 Å². The summed E-state index contributed by atoms with van der Waals surface area (Å²) in [5.74, 6) is -0.860. The largest absolute Gasteiger partial charge is 0.481 e. The van der Waals surface area contributed by atoms with Gasteiger partial charge in [-0.05, 0) is 13.3 Å². The van der Waals surface area contributed by atoms with Gasteiger partial charge in [0.2, 0.25) is 0 Å². The molecule has 1 rings (SSSR count). The molecule has 0 heterocycles. The lowest BCUT2D eigenvalue weighted by Gasteiger charge is -2.08. The molecular formula is C8H14O3.